The number of fused-ring (bicyclic) bond motifs is 1. The van der Waals surface area contributed by atoms with Crippen molar-refractivity contribution in [3.05, 3.63) is 25.3 Å². The van der Waals surface area contributed by atoms with Crippen LogP contribution in [-0.4, -0.2) is 92.4 Å². The zero-order chi connectivity index (χ0) is 26.7. The Morgan fingerprint density at radius 1 is 1.16 bits per heavy atom. The van der Waals surface area contributed by atoms with Gasteiger partial charge in [-0.05, 0) is 38.0 Å². The second-order valence-corrected chi connectivity index (χ2v) is 12.9. The number of thioether (sulfide) groups is 1. The van der Waals surface area contributed by atoms with E-state index in [-0.39, 0.29) is 41.5 Å². The number of aliphatic hydroxyl groups excluding tert-OH is 1. The first-order valence-corrected chi connectivity index (χ1v) is 15.1. The van der Waals surface area contributed by atoms with Crippen LogP contribution in [0, 0.1) is 17.8 Å². The highest BCUT2D eigenvalue weighted by Crippen LogP contribution is 2.69. The van der Waals surface area contributed by atoms with Crippen LogP contribution in [0.1, 0.15) is 65.2 Å². The van der Waals surface area contributed by atoms with Crippen molar-refractivity contribution in [1.29, 1.82) is 0 Å². The third-order valence-corrected chi connectivity index (χ3v) is 11.2. The van der Waals surface area contributed by atoms with Gasteiger partial charge in [0, 0.05) is 44.1 Å². The lowest BCUT2D eigenvalue weighted by Gasteiger charge is -2.43. The van der Waals surface area contributed by atoms with Crippen LogP contribution in [0.3, 0.4) is 0 Å². The Bertz CT molecular complexity index is 890. The van der Waals surface area contributed by atoms with E-state index in [9.17, 15) is 19.5 Å². The fraction of sp³-hybridized carbons (Fsp3) is 0.759. The lowest BCUT2D eigenvalue weighted by Crippen LogP contribution is -2.59. The topological polar surface area (TPSA) is 81.2 Å². The summed E-state index contributed by atoms with van der Waals surface area (Å²) in [5, 5.41) is 9.67. The quantitative estimate of drug-likeness (QED) is 0.390. The van der Waals surface area contributed by atoms with Gasteiger partial charge < -0.3 is 19.8 Å². The lowest BCUT2D eigenvalue weighted by atomic mass is 9.65. The maximum atomic E-state index is 14.5. The SMILES string of the molecule is C=CCN(CCC)C(=O)[C@@H]1[C@H]2C(=O)N(CCCO)C(C(=O)N(CC=C)C3CCCCC3)C23S[C@@H]1CC3C. The molecule has 8 heteroatoms. The third-order valence-electron chi connectivity index (χ3n) is 9.10. The molecule has 2 bridgehead atoms. The summed E-state index contributed by atoms with van der Waals surface area (Å²) in [6.45, 7) is 13.8. The van der Waals surface area contributed by atoms with Crippen LogP contribution in [-0.2, 0) is 14.4 Å². The molecule has 4 aliphatic rings. The number of hydrogen-bond acceptors (Lipinski definition) is 5. The Balaban J connectivity index is 1.74. The summed E-state index contributed by atoms with van der Waals surface area (Å²) < 4.78 is -0.616. The standard InChI is InChI=1S/C29H45N3O4S/c1-5-14-30(15-6-2)26(34)23-22-19-20(4)29(37-22)24(23)27(35)32(17-11-18-33)25(29)28(36)31(16-7-3)21-12-9-8-10-13-21/h5,7,20-25,33H,1,3,6,8-19H2,2,4H3/t20?,22-,23+,24+,25?,29?/m1/s1. The molecule has 4 rings (SSSR count). The largest absolute Gasteiger partial charge is 0.396 e. The number of carbonyl (C=O) groups is 3. The van der Waals surface area contributed by atoms with Gasteiger partial charge in [0.2, 0.25) is 17.7 Å². The van der Waals surface area contributed by atoms with Crippen molar-refractivity contribution >= 4 is 29.5 Å². The van der Waals surface area contributed by atoms with Crippen LogP contribution >= 0.6 is 11.8 Å². The number of nitrogens with zero attached hydrogens (tertiary/aromatic N) is 3. The predicted octanol–water partition coefficient (Wildman–Crippen LogP) is 3.48. The van der Waals surface area contributed by atoms with Crippen LogP contribution in [0.4, 0.5) is 0 Å². The second kappa shape index (κ2) is 11.9. The van der Waals surface area contributed by atoms with Crippen molar-refractivity contribution in [2.75, 3.05) is 32.8 Å². The van der Waals surface area contributed by atoms with Crippen molar-refractivity contribution in [2.24, 2.45) is 17.8 Å². The summed E-state index contributed by atoms with van der Waals surface area (Å²) in [5.41, 5.74) is 0. The molecule has 0 aromatic carbocycles. The zero-order valence-corrected chi connectivity index (χ0v) is 23.5. The number of carbonyl (C=O) groups excluding carboxylic acids is 3. The van der Waals surface area contributed by atoms with Gasteiger partial charge in [0.25, 0.3) is 0 Å². The molecule has 3 aliphatic heterocycles. The fourth-order valence-electron chi connectivity index (χ4n) is 7.60. The number of likely N-dealkylation sites (tertiary alicyclic amines) is 1. The highest BCUT2D eigenvalue weighted by atomic mass is 32.2. The van der Waals surface area contributed by atoms with E-state index in [1.54, 1.807) is 28.8 Å². The van der Waals surface area contributed by atoms with E-state index in [4.69, 9.17) is 0 Å². The van der Waals surface area contributed by atoms with Gasteiger partial charge in [0.15, 0.2) is 0 Å². The summed E-state index contributed by atoms with van der Waals surface area (Å²) in [5.74, 6) is -0.833. The average molecular weight is 532 g/mol. The molecule has 1 N–H and O–H groups in total. The monoisotopic (exact) mass is 531 g/mol. The van der Waals surface area contributed by atoms with Gasteiger partial charge in [0.05, 0.1) is 16.6 Å². The van der Waals surface area contributed by atoms with E-state index in [0.717, 1.165) is 38.5 Å². The van der Waals surface area contributed by atoms with E-state index in [1.165, 1.54) is 6.42 Å². The third kappa shape index (κ3) is 4.77. The first-order chi connectivity index (χ1) is 17.9. The van der Waals surface area contributed by atoms with Crippen LogP contribution in [0.15, 0.2) is 25.3 Å². The maximum Gasteiger partial charge on any atom is 0.247 e. The van der Waals surface area contributed by atoms with E-state index in [0.29, 0.717) is 32.6 Å². The molecule has 0 radical (unpaired) electrons. The molecule has 0 aromatic rings. The highest BCUT2D eigenvalue weighted by Gasteiger charge is 2.76. The Morgan fingerprint density at radius 3 is 2.49 bits per heavy atom. The summed E-state index contributed by atoms with van der Waals surface area (Å²) >= 11 is 1.74. The number of hydrogen-bond donors (Lipinski definition) is 1. The molecule has 206 valence electrons. The summed E-state index contributed by atoms with van der Waals surface area (Å²) in [6, 6.07) is -0.450. The maximum absolute atomic E-state index is 14.5. The van der Waals surface area contributed by atoms with Crippen molar-refractivity contribution in [2.45, 2.75) is 87.3 Å². The minimum absolute atomic E-state index is 0.00481. The van der Waals surface area contributed by atoms with Gasteiger partial charge in [-0.1, -0.05) is 45.3 Å². The summed E-state index contributed by atoms with van der Waals surface area (Å²) in [4.78, 5) is 48.2. The molecule has 1 aliphatic carbocycles. The molecule has 3 heterocycles. The fourth-order valence-corrected chi connectivity index (χ4v) is 10.0. The van der Waals surface area contributed by atoms with Crippen molar-refractivity contribution in [3.8, 4) is 0 Å². The van der Waals surface area contributed by atoms with Crippen molar-refractivity contribution < 1.29 is 19.5 Å². The number of rotatable bonds is 12. The normalized spacial score (nSPS) is 32.9. The van der Waals surface area contributed by atoms with Gasteiger partial charge in [-0.2, -0.15) is 0 Å². The van der Waals surface area contributed by atoms with Gasteiger partial charge in [0.1, 0.15) is 6.04 Å². The molecular formula is C29H45N3O4S. The minimum atomic E-state index is -0.616. The average Bonchev–Trinajstić information content (AvgIpc) is 3.49. The highest BCUT2D eigenvalue weighted by molar-refractivity contribution is 8.02. The zero-order valence-electron chi connectivity index (χ0n) is 22.6. The van der Waals surface area contributed by atoms with Crippen LogP contribution in [0.5, 0.6) is 0 Å². The summed E-state index contributed by atoms with van der Waals surface area (Å²) in [7, 11) is 0. The van der Waals surface area contributed by atoms with E-state index < -0.39 is 22.6 Å². The Kier molecular flexibility index (Phi) is 9.10. The van der Waals surface area contributed by atoms with Gasteiger partial charge >= 0.3 is 0 Å². The van der Waals surface area contributed by atoms with Crippen LogP contribution < -0.4 is 0 Å². The number of amides is 3. The van der Waals surface area contributed by atoms with Crippen molar-refractivity contribution in [3.63, 3.8) is 0 Å². The van der Waals surface area contributed by atoms with Crippen LogP contribution in [0.25, 0.3) is 0 Å². The first-order valence-electron chi connectivity index (χ1n) is 14.3. The van der Waals surface area contributed by atoms with Gasteiger partial charge in [-0.15, -0.1) is 24.9 Å². The van der Waals surface area contributed by atoms with E-state index in [1.807, 2.05) is 16.7 Å². The molecule has 37 heavy (non-hydrogen) atoms. The molecule has 3 amide bonds. The molecule has 0 aromatic heterocycles. The molecular weight excluding hydrogens is 486 g/mol. The van der Waals surface area contributed by atoms with E-state index in [2.05, 4.69) is 20.1 Å². The molecule has 3 saturated heterocycles. The van der Waals surface area contributed by atoms with Crippen LogP contribution in [0.2, 0.25) is 0 Å². The predicted molar refractivity (Wildman–Crippen MR) is 148 cm³/mol. The lowest BCUT2D eigenvalue weighted by molar-refractivity contribution is -0.145. The molecule has 3 unspecified atom stereocenters. The summed E-state index contributed by atoms with van der Waals surface area (Å²) in [6.07, 6.45) is 11.0. The molecule has 4 fully saturated rings. The Hall–Kier alpha value is -1.80. The smallest absolute Gasteiger partial charge is 0.247 e. The number of aliphatic hydroxyl groups is 1. The van der Waals surface area contributed by atoms with E-state index >= 15 is 0 Å². The minimum Gasteiger partial charge on any atom is -0.396 e. The molecule has 6 atom stereocenters. The first kappa shape index (κ1) is 28.2. The Morgan fingerprint density at radius 2 is 1.86 bits per heavy atom. The second-order valence-electron chi connectivity index (χ2n) is 11.3. The molecule has 1 spiro atoms. The van der Waals surface area contributed by atoms with Gasteiger partial charge in [-0.25, -0.2) is 0 Å². The molecule has 1 saturated carbocycles. The Labute approximate surface area is 226 Å². The molecule has 7 nitrogen and oxygen atoms in total. The van der Waals surface area contributed by atoms with Crippen molar-refractivity contribution in [1.82, 2.24) is 14.7 Å². The van der Waals surface area contributed by atoms with Gasteiger partial charge in [-0.3, -0.25) is 14.4 Å².